The number of rotatable bonds is 0. The van der Waals surface area contributed by atoms with E-state index in [-0.39, 0.29) is 5.82 Å². The van der Waals surface area contributed by atoms with Gasteiger partial charge in [-0.1, -0.05) is 0 Å². The van der Waals surface area contributed by atoms with Crippen molar-refractivity contribution in [1.82, 2.24) is 15.0 Å². The maximum atomic E-state index is 8.26. The first-order valence-electron chi connectivity index (χ1n) is 2.38. The smallest absolute Gasteiger partial charge is 0.222 e. The van der Waals surface area contributed by atoms with E-state index in [1.807, 2.05) is 0 Å². The zero-order valence-electron chi connectivity index (χ0n) is 4.87. The molecule has 0 atom stereocenters. The molecule has 0 spiro atoms. The minimum atomic E-state index is 0.169. The number of nitrogens with zero attached hydrogens (tertiary/aromatic N) is 4. The van der Waals surface area contributed by atoms with Crippen LogP contribution in [0.25, 0.3) is 0 Å². The SMILES string of the molecule is Cc1ncnc(C#N)n1. The zero-order valence-corrected chi connectivity index (χ0v) is 4.87. The molecule has 0 saturated carbocycles. The second kappa shape index (κ2) is 2.18. The molecule has 0 aliphatic heterocycles. The minimum absolute atomic E-state index is 0.169. The third-order valence-corrected chi connectivity index (χ3v) is 0.792. The molecule has 4 nitrogen and oxygen atoms in total. The van der Waals surface area contributed by atoms with Gasteiger partial charge in [-0.3, -0.25) is 0 Å². The molecule has 0 N–H and O–H groups in total. The summed E-state index contributed by atoms with van der Waals surface area (Å²) >= 11 is 0. The Kier molecular flexibility index (Phi) is 1.36. The Labute approximate surface area is 52.2 Å². The highest BCUT2D eigenvalue weighted by molar-refractivity contribution is 5.07. The van der Waals surface area contributed by atoms with Gasteiger partial charge in [0.05, 0.1) is 0 Å². The van der Waals surface area contributed by atoms with Crippen molar-refractivity contribution in [3.05, 3.63) is 18.0 Å². The lowest BCUT2D eigenvalue weighted by Crippen LogP contribution is -1.92. The van der Waals surface area contributed by atoms with Gasteiger partial charge in [0.25, 0.3) is 0 Å². The second-order valence-electron chi connectivity index (χ2n) is 1.47. The third kappa shape index (κ3) is 1.19. The van der Waals surface area contributed by atoms with Gasteiger partial charge in [0.1, 0.15) is 18.2 Å². The van der Waals surface area contributed by atoms with Crippen LogP contribution in [0, 0.1) is 18.3 Å². The van der Waals surface area contributed by atoms with Crippen molar-refractivity contribution in [2.45, 2.75) is 6.92 Å². The average Bonchev–Trinajstić information content (AvgIpc) is 1.88. The Morgan fingerprint density at radius 3 is 2.78 bits per heavy atom. The molecule has 1 rings (SSSR count). The van der Waals surface area contributed by atoms with E-state index in [2.05, 4.69) is 15.0 Å². The summed E-state index contributed by atoms with van der Waals surface area (Å²) in [6, 6.07) is 1.81. The van der Waals surface area contributed by atoms with Crippen molar-refractivity contribution < 1.29 is 0 Å². The van der Waals surface area contributed by atoms with Crippen LogP contribution in [0.15, 0.2) is 6.33 Å². The summed E-state index contributed by atoms with van der Waals surface area (Å²) in [5, 5.41) is 8.26. The van der Waals surface area contributed by atoms with Gasteiger partial charge in [-0.05, 0) is 6.92 Å². The monoisotopic (exact) mass is 120 g/mol. The zero-order chi connectivity index (χ0) is 6.69. The van der Waals surface area contributed by atoms with E-state index >= 15 is 0 Å². The summed E-state index contributed by atoms with van der Waals surface area (Å²) in [4.78, 5) is 11.0. The normalized spacial score (nSPS) is 8.44. The molecule has 9 heavy (non-hydrogen) atoms. The Hall–Kier alpha value is -1.50. The lowest BCUT2D eigenvalue weighted by atomic mass is 10.6. The Balaban J connectivity index is 3.12. The van der Waals surface area contributed by atoms with Crippen molar-refractivity contribution >= 4 is 0 Å². The van der Waals surface area contributed by atoms with Gasteiger partial charge in [0, 0.05) is 0 Å². The molecule has 0 radical (unpaired) electrons. The first-order valence-corrected chi connectivity index (χ1v) is 2.38. The van der Waals surface area contributed by atoms with Crippen molar-refractivity contribution in [1.29, 1.82) is 5.26 Å². The Bertz CT molecular complexity index is 249. The highest BCUT2D eigenvalue weighted by Crippen LogP contribution is 1.84. The van der Waals surface area contributed by atoms with Gasteiger partial charge >= 0.3 is 0 Å². The predicted octanol–water partition coefficient (Wildman–Crippen LogP) is 0.0517. The first-order chi connectivity index (χ1) is 4.33. The minimum Gasteiger partial charge on any atom is -0.222 e. The summed E-state index contributed by atoms with van der Waals surface area (Å²) in [6.07, 6.45) is 1.32. The third-order valence-electron chi connectivity index (χ3n) is 0.792. The summed E-state index contributed by atoms with van der Waals surface area (Å²) in [5.41, 5.74) is 0. The second-order valence-corrected chi connectivity index (χ2v) is 1.47. The van der Waals surface area contributed by atoms with Crippen LogP contribution in [0.2, 0.25) is 0 Å². The van der Waals surface area contributed by atoms with Crippen LogP contribution in [0.1, 0.15) is 11.6 Å². The molecule has 44 valence electrons. The van der Waals surface area contributed by atoms with E-state index in [4.69, 9.17) is 5.26 Å². The molecule has 0 aliphatic rings. The number of aromatic nitrogens is 3. The maximum absolute atomic E-state index is 8.26. The fourth-order valence-electron chi connectivity index (χ4n) is 0.432. The summed E-state index contributed by atoms with van der Waals surface area (Å²) < 4.78 is 0. The van der Waals surface area contributed by atoms with Gasteiger partial charge in [-0.2, -0.15) is 5.26 Å². The predicted molar refractivity (Wildman–Crippen MR) is 29.3 cm³/mol. The molecular formula is C5H4N4. The highest BCUT2D eigenvalue weighted by atomic mass is 15.0. The van der Waals surface area contributed by atoms with Crippen LogP contribution in [-0.2, 0) is 0 Å². The van der Waals surface area contributed by atoms with E-state index in [0.717, 1.165) is 0 Å². The summed E-state index contributed by atoms with van der Waals surface area (Å²) in [7, 11) is 0. The van der Waals surface area contributed by atoms with Crippen LogP contribution in [0.5, 0.6) is 0 Å². The van der Waals surface area contributed by atoms with E-state index < -0.39 is 0 Å². The van der Waals surface area contributed by atoms with Gasteiger partial charge in [0.2, 0.25) is 5.82 Å². The maximum Gasteiger partial charge on any atom is 0.235 e. The summed E-state index contributed by atoms with van der Waals surface area (Å²) in [6.45, 7) is 1.71. The Morgan fingerprint density at radius 1 is 1.56 bits per heavy atom. The fourth-order valence-corrected chi connectivity index (χ4v) is 0.432. The van der Waals surface area contributed by atoms with Crippen molar-refractivity contribution in [2.75, 3.05) is 0 Å². The lowest BCUT2D eigenvalue weighted by Gasteiger charge is -1.86. The molecule has 0 bridgehead atoms. The molecule has 0 fully saturated rings. The van der Waals surface area contributed by atoms with Crippen molar-refractivity contribution in [3.8, 4) is 6.07 Å². The van der Waals surface area contributed by atoms with E-state index in [1.165, 1.54) is 6.33 Å². The number of hydrogen-bond acceptors (Lipinski definition) is 4. The molecule has 0 aliphatic carbocycles. The number of aryl methyl sites for hydroxylation is 1. The van der Waals surface area contributed by atoms with Gasteiger partial charge in [-0.25, -0.2) is 15.0 Å². The molecule has 1 heterocycles. The standard InChI is InChI=1S/C5H4N4/c1-4-7-3-8-5(2-6)9-4/h3H,1H3. The molecule has 1 aromatic heterocycles. The van der Waals surface area contributed by atoms with Crippen molar-refractivity contribution in [2.24, 2.45) is 0 Å². The van der Waals surface area contributed by atoms with Crippen molar-refractivity contribution in [3.63, 3.8) is 0 Å². The van der Waals surface area contributed by atoms with Gasteiger partial charge in [-0.15, -0.1) is 0 Å². The van der Waals surface area contributed by atoms with Crippen LogP contribution >= 0.6 is 0 Å². The van der Waals surface area contributed by atoms with E-state index in [0.29, 0.717) is 5.82 Å². The topological polar surface area (TPSA) is 62.5 Å². The molecular weight excluding hydrogens is 116 g/mol. The molecule has 1 aromatic rings. The highest BCUT2D eigenvalue weighted by Gasteiger charge is 1.90. The quantitative estimate of drug-likeness (QED) is 0.485. The molecule has 0 unspecified atom stereocenters. The van der Waals surface area contributed by atoms with Crippen LogP contribution in [-0.4, -0.2) is 15.0 Å². The van der Waals surface area contributed by atoms with Crippen LogP contribution in [0.3, 0.4) is 0 Å². The lowest BCUT2D eigenvalue weighted by molar-refractivity contribution is 0.950. The summed E-state index contributed by atoms with van der Waals surface area (Å²) in [5.74, 6) is 0.740. The van der Waals surface area contributed by atoms with E-state index in [9.17, 15) is 0 Å². The number of nitriles is 1. The van der Waals surface area contributed by atoms with Gasteiger partial charge in [0.15, 0.2) is 0 Å². The number of hydrogen-bond donors (Lipinski definition) is 0. The fraction of sp³-hybridized carbons (Fsp3) is 0.200. The molecule has 0 amide bonds. The average molecular weight is 120 g/mol. The molecule has 0 saturated heterocycles. The molecule has 4 heteroatoms. The largest absolute Gasteiger partial charge is 0.235 e. The Morgan fingerprint density at radius 2 is 2.33 bits per heavy atom. The van der Waals surface area contributed by atoms with Crippen LogP contribution in [0.4, 0.5) is 0 Å². The van der Waals surface area contributed by atoms with Gasteiger partial charge < -0.3 is 0 Å². The molecule has 0 aromatic carbocycles. The van der Waals surface area contributed by atoms with E-state index in [1.54, 1.807) is 13.0 Å². The first kappa shape index (κ1) is 5.63. The van der Waals surface area contributed by atoms with Crippen LogP contribution < -0.4 is 0 Å².